The SMILES string of the molecule is COc1ccc(NC(=O)c2sc(NS(=O)(=O)c3ccccc3)nc2C)cc1C. The van der Waals surface area contributed by atoms with Gasteiger partial charge >= 0.3 is 0 Å². The second-order valence-corrected chi connectivity index (χ2v) is 8.67. The summed E-state index contributed by atoms with van der Waals surface area (Å²) in [7, 11) is -2.18. The standard InChI is InChI=1S/C19H19N3O4S2/c1-12-11-14(9-10-16(12)26-3)21-18(23)17-13(2)20-19(27-17)22-28(24,25)15-7-5-4-6-8-15/h4-11H,1-3H3,(H,20,22)(H,21,23). The molecular formula is C19H19N3O4S2. The lowest BCUT2D eigenvalue weighted by atomic mass is 10.2. The first-order chi connectivity index (χ1) is 13.3. The van der Waals surface area contributed by atoms with Gasteiger partial charge in [-0.15, -0.1) is 0 Å². The van der Waals surface area contributed by atoms with E-state index in [1.807, 2.05) is 6.92 Å². The number of amides is 1. The number of hydrogen-bond acceptors (Lipinski definition) is 6. The number of carbonyl (C=O) groups is 1. The van der Waals surface area contributed by atoms with Crippen LogP contribution in [0.4, 0.5) is 10.8 Å². The zero-order valence-electron chi connectivity index (χ0n) is 15.5. The van der Waals surface area contributed by atoms with Crippen molar-refractivity contribution >= 4 is 38.1 Å². The van der Waals surface area contributed by atoms with Gasteiger partial charge in [-0.1, -0.05) is 29.5 Å². The van der Waals surface area contributed by atoms with Crippen LogP contribution in [0.3, 0.4) is 0 Å². The van der Waals surface area contributed by atoms with E-state index in [-0.39, 0.29) is 15.9 Å². The molecule has 0 atom stereocenters. The number of nitrogens with zero attached hydrogens (tertiary/aromatic N) is 1. The number of hydrogen-bond donors (Lipinski definition) is 2. The maximum absolute atomic E-state index is 12.6. The second-order valence-electron chi connectivity index (χ2n) is 5.99. The van der Waals surface area contributed by atoms with Crippen LogP contribution >= 0.6 is 11.3 Å². The van der Waals surface area contributed by atoms with Gasteiger partial charge in [-0.25, -0.2) is 13.4 Å². The highest BCUT2D eigenvalue weighted by molar-refractivity contribution is 7.93. The van der Waals surface area contributed by atoms with Gasteiger partial charge in [0.15, 0.2) is 5.13 Å². The largest absolute Gasteiger partial charge is 0.496 e. The second kappa shape index (κ2) is 7.99. The normalized spacial score (nSPS) is 11.1. The molecule has 1 aromatic heterocycles. The summed E-state index contributed by atoms with van der Waals surface area (Å²) in [6.45, 7) is 3.54. The van der Waals surface area contributed by atoms with E-state index in [1.165, 1.54) is 12.1 Å². The average molecular weight is 418 g/mol. The first-order valence-corrected chi connectivity index (χ1v) is 10.6. The van der Waals surface area contributed by atoms with Gasteiger partial charge in [0.2, 0.25) is 0 Å². The fourth-order valence-corrected chi connectivity index (χ4v) is 4.69. The van der Waals surface area contributed by atoms with Gasteiger partial charge in [0.25, 0.3) is 15.9 Å². The van der Waals surface area contributed by atoms with Crippen molar-refractivity contribution in [3.8, 4) is 5.75 Å². The van der Waals surface area contributed by atoms with E-state index in [9.17, 15) is 13.2 Å². The summed E-state index contributed by atoms with van der Waals surface area (Å²) in [5.41, 5.74) is 1.94. The Labute approximate surface area is 167 Å². The van der Waals surface area contributed by atoms with E-state index < -0.39 is 10.0 Å². The number of nitrogens with one attached hydrogen (secondary N) is 2. The maximum Gasteiger partial charge on any atom is 0.267 e. The number of anilines is 2. The molecule has 3 aromatic rings. The van der Waals surface area contributed by atoms with Crippen molar-refractivity contribution in [3.05, 3.63) is 64.7 Å². The molecule has 0 unspecified atom stereocenters. The van der Waals surface area contributed by atoms with E-state index in [1.54, 1.807) is 50.4 Å². The molecule has 0 saturated carbocycles. The Bertz CT molecular complexity index is 1110. The van der Waals surface area contributed by atoms with Gasteiger partial charge in [0.1, 0.15) is 10.6 Å². The van der Waals surface area contributed by atoms with Gasteiger partial charge in [-0.05, 0) is 49.7 Å². The lowest BCUT2D eigenvalue weighted by Crippen LogP contribution is -2.12. The third kappa shape index (κ3) is 4.32. The molecule has 0 bridgehead atoms. The number of thiazole rings is 1. The lowest BCUT2D eigenvalue weighted by Gasteiger charge is -2.08. The summed E-state index contributed by atoms with van der Waals surface area (Å²) in [5, 5.41) is 2.93. The molecule has 0 radical (unpaired) electrons. The minimum absolute atomic E-state index is 0.127. The molecule has 0 saturated heterocycles. The number of aryl methyl sites for hydroxylation is 2. The Hall–Kier alpha value is -2.91. The lowest BCUT2D eigenvalue weighted by molar-refractivity contribution is 0.103. The summed E-state index contributed by atoms with van der Waals surface area (Å²) in [5.74, 6) is 0.370. The van der Waals surface area contributed by atoms with Crippen molar-refractivity contribution in [2.45, 2.75) is 18.7 Å². The number of benzene rings is 2. The molecular weight excluding hydrogens is 398 g/mol. The molecule has 2 N–H and O–H groups in total. The van der Waals surface area contributed by atoms with Crippen LogP contribution < -0.4 is 14.8 Å². The molecule has 9 heteroatoms. The van der Waals surface area contributed by atoms with Crippen molar-refractivity contribution in [3.63, 3.8) is 0 Å². The quantitative estimate of drug-likeness (QED) is 0.635. The molecule has 1 heterocycles. The van der Waals surface area contributed by atoms with Crippen molar-refractivity contribution in [2.75, 3.05) is 17.1 Å². The molecule has 2 aromatic carbocycles. The Morgan fingerprint density at radius 3 is 2.46 bits per heavy atom. The Morgan fingerprint density at radius 1 is 1.11 bits per heavy atom. The van der Waals surface area contributed by atoms with Gasteiger partial charge in [0.05, 0.1) is 17.7 Å². The highest BCUT2D eigenvalue weighted by atomic mass is 32.2. The van der Waals surface area contributed by atoms with Crippen LogP contribution in [0.5, 0.6) is 5.75 Å². The van der Waals surface area contributed by atoms with Crippen LogP contribution in [0.15, 0.2) is 53.4 Å². The fourth-order valence-electron chi connectivity index (χ4n) is 2.57. The van der Waals surface area contributed by atoms with E-state index in [4.69, 9.17) is 4.74 Å². The zero-order chi connectivity index (χ0) is 20.3. The van der Waals surface area contributed by atoms with Crippen LogP contribution in [0.2, 0.25) is 0 Å². The monoisotopic (exact) mass is 417 g/mol. The van der Waals surface area contributed by atoms with Crippen molar-refractivity contribution in [2.24, 2.45) is 0 Å². The molecule has 0 aliphatic heterocycles. The van der Waals surface area contributed by atoms with Gasteiger partial charge in [0, 0.05) is 5.69 Å². The van der Waals surface area contributed by atoms with Gasteiger partial charge in [-0.3, -0.25) is 9.52 Å². The molecule has 3 rings (SSSR count). The first kappa shape index (κ1) is 19.8. The van der Waals surface area contributed by atoms with Crippen LogP contribution in [0.25, 0.3) is 0 Å². The summed E-state index contributed by atoms with van der Waals surface area (Å²) in [4.78, 5) is 17.2. The van der Waals surface area contributed by atoms with E-state index in [0.29, 0.717) is 16.3 Å². The maximum atomic E-state index is 12.6. The van der Waals surface area contributed by atoms with Crippen molar-refractivity contribution in [1.82, 2.24) is 4.98 Å². The minimum atomic E-state index is -3.76. The third-order valence-corrected chi connectivity index (χ3v) is 6.49. The summed E-state index contributed by atoms with van der Waals surface area (Å²) in [6.07, 6.45) is 0. The van der Waals surface area contributed by atoms with E-state index in [0.717, 1.165) is 22.6 Å². The average Bonchev–Trinajstić information content (AvgIpc) is 3.02. The summed E-state index contributed by atoms with van der Waals surface area (Å²) < 4.78 is 32.5. The van der Waals surface area contributed by atoms with Gasteiger partial charge in [-0.2, -0.15) is 0 Å². The highest BCUT2D eigenvalue weighted by Gasteiger charge is 2.20. The zero-order valence-corrected chi connectivity index (χ0v) is 17.1. The predicted molar refractivity (Wildman–Crippen MR) is 110 cm³/mol. The molecule has 0 spiro atoms. The third-order valence-electron chi connectivity index (χ3n) is 3.93. The number of rotatable bonds is 6. The first-order valence-electron chi connectivity index (χ1n) is 8.31. The number of methoxy groups -OCH3 is 1. The molecule has 146 valence electrons. The topological polar surface area (TPSA) is 97.4 Å². The van der Waals surface area contributed by atoms with Crippen LogP contribution in [0, 0.1) is 13.8 Å². The van der Waals surface area contributed by atoms with Crippen LogP contribution in [-0.2, 0) is 10.0 Å². The molecule has 0 aliphatic carbocycles. The Morgan fingerprint density at radius 2 is 1.82 bits per heavy atom. The molecule has 1 amide bonds. The number of sulfonamides is 1. The smallest absolute Gasteiger partial charge is 0.267 e. The predicted octanol–water partition coefficient (Wildman–Crippen LogP) is 3.82. The van der Waals surface area contributed by atoms with Crippen molar-refractivity contribution < 1.29 is 17.9 Å². The Kier molecular flexibility index (Phi) is 5.66. The molecule has 0 fully saturated rings. The fraction of sp³-hybridized carbons (Fsp3) is 0.158. The highest BCUT2D eigenvalue weighted by Crippen LogP contribution is 2.27. The molecule has 7 nitrogen and oxygen atoms in total. The Balaban J connectivity index is 1.78. The van der Waals surface area contributed by atoms with Gasteiger partial charge < -0.3 is 10.1 Å². The number of aromatic nitrogens is 1. The van der Waals surface area contributed by atoms with E-state index in [2.05, 4.69) is 15.0 Å². The van der Waals surface area contributed by atoms with E-state index >= 15 is 0 Å². The molecule has 0 aliphatic rings. The molecule has 28 heavy (non-hydrogen) atoms. The van der Waals surface area contributed by atoms with Crippen molar-refractivity contribution in [1.29, 1.82) is 0 Å². The van der Waals surface area contributed by atoms with Crippen LogP contribution in [0.1, 0.15) is 20.9 Å². The minimum Gasteiger partial charge on any atom is -0.496 e. The van der Waals surface area contributed by atoms with Crippen LogP contribution in [-0.4, -0.2) is 26.4 Å². The number of ether oxygens (including phenoxy) is 1. The summed E-state index contributed by atoms with van der Waals surface area (Å²) >= 11 is 0.982. The summed E-state index contributed by atoms with van der Waals surface area (Å²) in [6, 6.07) is 13.3. The number of carbonyl (C=O) groups excluding carboxylic acids is 1.